The van der Waals surface area contributed by atoms with Crippen molar-refractivity contribution in [1.82, 2.24) is 4.90 Å². The zero-order chi connectivity index (χ0) is 15.8. The van der Waals surface area contributed by atoms with Crippen LogP contribution in [-0.2, 0) is 11.3 Å². The minimum atomic E-state index is -0.571. The summed E-state index contributed by atoms with van der Waals surface area (Å²) < 4.78 is 0.0722. The lowest BCUT2D eigenvalue weighted by Crippen LogP contribution is -2.46. The van der Waals surface area contributed by atoms with Crippen molar-refractivity contribution in [3.05, 3.63) is 33.8 Å². The SMILES string of the molecule is CCN1C(=O)[N+](C)(Cc2ccc(Cl)cc2Cl)CC1C(N)=O. The number of hydrogen-bond acceptors (Lipinski definition) is 2. The quantitative estimate of drug-likeness (QED) is 0.860. The Balaban J connectivity index is 2.30. The molecule has 1 aliphatic rings. The van der Waals surface area contributed by atoms with Gasteiger partial charge in [0.15, 0.2) is 6.04 Å². The van der Waals surface area contributed by atoms with Gasteiger partial charge in [-0.3, -0.25) is 9.69 Å². The van der Waals surface area contributed by atoms with Crippen molar-refractivity contribution in [2.24, 2.45) is 5.73 Å². The van der Waals surface area contributed by atoms with Gasteiger partial charge in [-0.1, -0.05) is 29.3 Å². The van der Waals surface area contributed by atoms with E-state index in [1.54, 1.807) is 25.2 Å². The standard InChI is InChI=1S/C14H17Cl2N3O2/c1-3-18-12(13(17)20)8-19(2,14(18)21)7-9-4-5-10(15)6-11(9)16/h4-6,12H,3,7-8H2,1-2H3,(H-,17,20)/p+1. The summed E-state index contributed by atoms with van der Waals surface area (Å²) in [7, 11) is 1.79. The minimum absolute atomic E-state index is 0.0722. The monoisotopic (exact) mass is 330 g/mol. The fourth-order valence-corrected chi connectivity index (χ4v) is 3.23. The highest BCUT2D eigenvalue weighted by Crippen LogP contribution is 2.29. The normalized spacial score (nSPS) is 25.4. The summed E-state index contributed by atoms with van der Waals surface area (Å²) in [5.74, 6) is -0.478. The first-order chi connectivity index (χ1) is 9.78. The van der Waals surface area contributed by atoms with Gasteiger partial charge in [0, 0.05) is 17.1 Å². The van der Waals surface area contributed by atoms with Gasteiger partial charge < -0.3 is 5.73 Å². The second-order valence-corrected chi connectivity index (χ2v) is 6.30. The van der Waals surface area contributed by atoms with Crippen molar-refractivity contribution in [2.75, 3.05) is 20.1 Å². The molecule has 2 N–H and O–H groups in total. The van der Waals surface area contributed by atoms with Gasteiger partial charge in [0.25, 0.3) is 0 Å². The molecule has 2 atom stereocenters. The lowest BCUT2D eigenvalue weighted by atomic mass is 10.2. The minimum Gasteiger partial charge on any atom is -0.368 e. The number of nitrogens with two attached hydrogens (primary N) is 1. The van der Waals surface area contributed by atoms with Crippen molar-refractivity contribution in [1.29, 1.82) is 0 Å². The van der Waals surface area contributed by atoms with E-state index in [1.807, 2.05) is 6.92 Å². The highest BCUT2D eigenvalue weighted by Gasteiger charge is 2.51. The molecule has 7 heteroatoms. The number of rotatable bonds is 4. The second-order valence-electron chi connectivity index (χ2n) is 5.46. The van der Waals surface area contributed by atoms with Crippen molar-refractivity contribution < 1.29 is 14.1 Å². The fraction of sp³-hybridized carbons (Fsp3) is 0.429. The van der Waals surface area contributed by atoms with Crippen LogP contribution in [0, 0.1) is 0 Å². The molecule has 21 heavy (non-hydrogen) atoms. The summed E-state index contributed by atoms with van der Waals surface area (Å²) in [5, 5.41) is 1.06. The number of quaternary nitrogens is 1. The van der Waals surface area contributed by atoms with Gasteiger partial charge >= 0.3 is 6.03 Å². The summed E-state index contributed by atoms with van der Waals surface area (Å²) in [5.41, 5.74) is 6.22. The van der Waals surface area contributed by atoms with Crippen LogP contribution in [0.2, 0.25) is 10.0 Å². The maximum Gasteiger partial charge on any atom is 0.420 e. The molecule has 1 aromatic rings. The lowest BCUT2D eigenvalue weighted by molar-refractivity contribution is -0.835. The Labute approximate surface area is 133 Å². The van der Waals surface area contributed by atoms with Crippen molar-refractivity contribution >= 4 is 35.1 Å². The Hall–Kier alpha value is -1.30. The first-order valence-electron chi connectivity index (χ1n) is 6.67. The maximum atomic E-state index is 12.6. The molecule has 0 bridgehead atoms. The summed E-state index contributed by atoms with van der Waals surface area (Å²) in [6.07, 6.45) is 0. The van der Waals surface area contributed by atoms with Crippen LogP contribution in [0.25, 0.3) is 0 Å². The number of likely N-dealkylation sites (N-methyl/N-ethyl adjacent to an activating group) is 2. The average Bonchev–Trinajstić information content (AvgIpc) is 2.66. The molecule has 5 nitrogen and oxygen atoms in total. The smallest absolute Gasteiger partial charge is 0.368 e. The Morgan fingerprint density at radius 3 is 2.62 bits per heavy atom. The molecule has 2 rings (SSSR count). The molecule has 1 aromatic carbocycles. The van der Waals surface area contributed by atoms with E-state index < -0.39 is 11.9 Å². The number of urea groups is 1. The molecule has 1 fully saturated rings. The van der Waals surface area contributed by atoms with Crippen LogP contribution in [0.15, 0.2) is 18.2 Å². The maximum absolute atomic E-state index is 12.6. The Morgan fingerprint density at radius 2 is 2.14 bits per heavy atom. The molecule has 0 aliphatic carbocycles. The molecule has 1 aliphatic heterocycles. The molecule has 0 spiro atoms. The van der Waals surface area contributed by atoms with Gasteiger partial charge in [-0.2, -0.15) is 0 Å². The third kappa shape index (κ3) is 3.00. The van der Waals surface area contributed by atoms with Crippen molar-refractivity contribution in [3.63, 3.8) is 0 Å². The molecule has 3 amide bonds. The Kier molecular flexibility index (Phi) is 4.46. The molecule has 1 saturated heterocycles. The molecular weight excluding hydrogens is 313 g/mol. The number of hydrogen-bond donors (Lipinski definition) is 1. The lowest BCUT2D eigenvalue weighted by Gasteiger charge is -2.26. The van der Waals surface area contributed by atoms with E-state index in [4.69, 9.17) is 28.9 Å². The third-order valence-electron chi connectivity index (χ3n) is 3.86. The first kappa shape index (κ1) is 16.1. The molecule has 0 radical (unpaired) electrons. The van der Waals surface area contributed by atoms with Gasteiger partial charge in [0.1, 0.15) is 13.1 Å². The second kappa shape index (κ2) is 5.83. The van der Waals surface area contributed by atoms with Gasteiger partial charge in [0.2, 0.25) is 5.91 Å². The van der Waals surface area contributed by atoms with Gasteiger partial charge in [0.05, 0.1) is 12.1 Å². The number of primary amides is 1. The van der Waals surface area contributed by atoms with Crippen LogP contribution < -0.4 is 5.73 Å². The summed E-state index contributed by atoms with van der Waals surface area (Å²) in [4.78, 5) is 25.6. The van der Waals surface area contributed by atoms with Gasteiger partial charge in [-0.05, 0) is 19.1 Å². The summed E-state index contributed by atoms with van der Waals surface area (Å²) in [6.45, 7) is 3.03. The fourth-order valence-electron chi connectivity index (χ4n) is 2.76. The van der Waals surface area contributed by atoms with Gasteiger partial charge in [-0.15, -0.1) is 0 Å². The van der Waals surface area contributed by atoms with Crippen LogP contribution in [-0.4, -0.2) is 47.5 Å². The van der Waals surface area contributed by atoms with Gasteiger partial charge in [-0.25, -0.2) is 9.28 Å². The molecule has 0 saturated carbocycles. The predicted molar refractivity (Wildman–Crippen MR) is 82.0 cm³/mol. The highest BCUT2D eigenvalue weighted by molar-refractivity contribution is 6.35. The van der Waals surface area contributed by atoms with Crippen LogP contribution in [0.1, 0.15) is 12.5 Å². The largest absolute Gasteiger partial charge is 0.420 e. The summed E-state index contributed by atoms with van der Waals surface area (Å²) in [6, 6.07) is 4.49. The van der Waals surface area contributed by atoms with E-state index in [-0.39, 0.29) is 10.5 Å². The third-order valence-corrected chi connectivity index (χ3v) is 4.45. The predicted octanol–water partition coefficient (Wildman–Crippen LogP) is 2.25. The molecule has 0 aromatic heterocycles. The molecule has 1 heterocycles. The average molecular weight is 331 g/mol. The zero-order valence-electron chi connectivity index (χ0n) is 12.0. The van der Waals surface area contributed by atoms with Crippen LogP contribution in [0.3, 0.4) is 0 Å². The first-order valence-corrected chi connectivity index (χ1v) is 7.43. The van der Waals surface area contributed by atoms with E-state index in [1.165, 1.54) is 4.90 Å². The Bertz CT molecular complexity index is 594. The van der Waals surface area contributed by atoms with E-state index in [0.29, 0.717) is 29.7 Å². The van der Waals surface area contributed by atoms with E-state index in [2.05, 4.69) is 0 Å². The molecular formula is C14H18Cl2N3O2+. The van der Waals surface area contributed by atoms with Crippen molar-refractivity contribution in [3.8, 4) is 0 Å². The Morgan fingerprint density at radius 1 is 1.48 bits per heavy atom. The number of carbonyl (C=O) groups excluding carboxylic acids is 2. The van der Waals surface area contributed by atoms with Crippen LogP contribution in [0.5, 0.6) is 0 Å². The summed E-state index contributed by atoms with van der Waals surface area (Å²) >= 11 is 12.1. The number of amides is 3. The van der Waals surface area contributed by atoms with Crippen LogP contribution in [0.4, 0.5) is 4.79 Å². The zero-order valence-corrected chi connectivity index (χ0v) is 13.5. The number of carbonyl (C=O) groups is 2. The topological polar surface area (TPSA) is 63.4 Å². The number of benzene rings is 1. The van der Waals surface area contributed by atoms with E-state index in [9.17, 15) is 9.59 Å². The highest BCUT2D eigenvalue weighted by atomic mass is 35.5. The molecule has 2 unspecified atom stereocenters. The van der Waals surface area contributed by atoms with Crippen LogP contribution >= 0.6 is 23.2 Å². The van der Waals surface area contributed by atoms with Crippen molar-refractivity contribution in [2.45, 2.75) is 19.5 Å². The van der Waals surface area contributed by atoms with E-state index in [0.717, 1.165) is 5.56 Å². The van der Waals surface area contributed by atoms with E-state index >= 15 is 0 Å². The number of halogens is 2. The number of nitrogens with zero attached hydrogens (tertiary/aromatic N) is 2. The molecule has 114 valence electrons.